The zero-order valence-electron chi connectivity index (χ0n) is 10.5. The summed E-state index contributed by atoms with van der Waals surface area (Å²) in [6, 6.07) is 0.572. The topological polar surface area (TPSA) is 46.3 Å². The number of nitrogens with two attached hydrogens (primary N) is 1. The third-order valence-corrected chi connectivity index (χ3v) is 4.15. The zero-order chi connectivity index (χ0) is 11.8. The van der Waals surface area contributed by atoms with Crippen LogP contribution in [0.4, 0.5) is 0 Å². The monoisotopic (exact) mass is 224 g/mol. The standard InChI is InChI=1S/C13H24N2O/c1-10(2)15-7-5-13(14,6-8-15)12(16)9-11-3-4-11/h10-11H,3-9,14H2,1-2H3. The van der Waals surface area contributed by atoms with E-state index in [-0.39, 0.29) is 0 Å². The van der Waals surface area contributed by atoms with Crippen molar-refractivity contribution in [2.75, 3.05) is 13.1 Å². The predicted octanol–water partition coefficient (Wildman–Crippen LogP) is 1.56. The number of nitrogens with zero attached hydrogens (tertiary/aromatic N) is 1. The minimum Gasteiger partial charge on any atom is -0.319 e. The van der Waals surface area contributed by atoms with Crippen molar-refractivity contribution in [1.29, 1.82) is 0 Å². The Morgan fingerprint density at radius 2 is 1.94 bits per heavy atom. The first kappa shape index (κ1) is 12.1. The van der Waals surface area contributed by atoms with Gasteiger partial charge < -0.3 is 10.6 Å². The highest BCUT2D eigenvalue weighted by molar-refractivity contribution is 5.88. The largest absolute Gasteiger partial charge is 0.319 e. The second kappa shape index (κ2) is 4.46. The van der Waals surface area contributed by atoms with Crippen LogP contribution in [0.5, 0.6) is 0 Å². The number of hydrogen-bond acceptors (Lipinski definition) is 3. The molecule has 0 unspecified atom stereocenters. The summed E-state index contributed by atoms with van der Waals surface area (Å²) in [7, 11) is 0. The van der Waals surface area contributed by atoms with Crippen molar-refractivity contribution in [3.63, 3.8) is 0 Å². The molecule has 0 atom stereocenters. The molecule has 0 bridgehead atoms. The van der Waals surface area contributed by atoms with E-state index >= 15 is 0 Å². The number of ketones is 1. The SMILES string of the molecule is CC(C)N1CCC(N)(C(=O)CC2CC2)CC1. The lowest BCUT2D eigenvalue weighted by Gasteiger charge is -2.40. The van der Waals surface area contributed by atoms with Gasteiger partial charge in [-0.05, 0) is 45.4 Å². The van der Waals surface area contributed by atoms with Gasteiger partial charge in [-0.1, -0.05) is 0 Å². The van der Waals surface area contributed by atoms with E-state index in [4.69, 9.17) is 5.73 Å². The number of carbonyl (C=O) groups is 1. The molecule has 1 heterocycles. The molecule has 0 aromatic carbocycles. The van der Waals surface area contributed by atoms with Gasteiger partial charge in [0, 0.05) is 25.6 Å². The molecule has 1 aliphatic carbocycles. The Balaban J connectivity index is 1.86. The molecule has 3 nitrogen and oxygen atoms in total. The van der Waals surface area contributed by atoms with E-state index in [0.29, 0.717) is 17.7 Å². The molecular formula is C13H24N2O. The van der Waals surface area contributed by atoms with Crippen LogP contribution in [0.3, 0.4) is 0 Å². The van der Waals surface area contributed by atoms with Crippen molar-refractivity contribution in [2.24, 2.45) is 11.7 Å². The molecule has 92 valence electrons. The molecule has 0 aromatic heterocycles. The second-order valence-electron chi connectivity index (χ2n) is 5.86. The van der Waals surface area contributed by atoms with Crippen LogP contribution in [0.15, 0.2) is 0 Å². The molecule has 0 radical (unpaired) electrons. The van der Waals surface area contributed by atoms with Gasteiger partial charge in [-0.2, -0.15) is 0 Å². The van der Waals surface area contributed by atoms with Crippen LogP contribution >= 0.6 is 0 Å². The molecule has 2 fully saturated rings. The summed E-state index contributed by atoms with van der Waals surface area (Å²) in [5, 5.41) is 0. The summed E-state index contributed by atoms with van der Waals surface area (Å²) in [5.41, 5.74) is 5.76. The van der Waals surface area contributed by atoms with Gasteiger partial charge in [0.15, 0.2) is 5.78 Å². The summed E-state index contributed by atoms with van der Waals surface area (Å²) in [5.74, 6) is 0.981. The van der Waals surface area contributed by atoms with Crippen LogP contribution in [-0.4, -0.2) is 35.4 Å². The fraction of sp³-hybridized carbons (Fsp3) is 0.923. The van der Waals surface area contributed by atoms with E-state index < -0.39 is 5.54 Å². The molecule has 1 saturated carbocycles. The lowest BCUT2D eigenvalue weighted by Crippen LogP contribution is -2.56. The van der Waals surface area contributed by atoms with Crippen molar-refractivity contribution < 1.29 is 4.79 Å². The van der Waals surface area contributed by atoms with Crippen molar-refractivity contribution in [2.45, 2.75) is 57.5 Å². The average molecular weight is 224 g/mol. The maximum absolute atomic E-state index is 12.1. The van der Waals surface area contributed by atoms with E-state index in [1.54, 1.807) is 0 Å². The molecule has 0 aromatic rings. The van der Waals surface area contributed by atoms with Crippen LogP contribution in [0, 0.1) is 5.92 Å². The highest BCUT2D eigenvalue weighted by atomic mass is 16.1. The minimum absolute atomic E-state index is 0.318. The van der Waals surface area contributed by atoms with Gasteiger partial charge in [0.25, 0.3) is 0 Å². The Hall–Kier alpha value is -0.410. The maximum atomic E-state index is 12.1. The summed E-state index contributed by atoms with van der Waals surface area (Å²) in [6.45, 7) is 6.36. The highest BCUT2D eigenvalue weighted by Crippen LogP contribution is 2.35. The molecule has 0 spiro atoms. The van der Waals surface area contributed by atoms with Crippen LogP contribution in [0.2, 0.25) is 0 Å². The lowest BCUT2D eigenvalue weighted by atomic mass is 9.82. The van der Waals surface area contributed by atoms with Gasteiger partial charge in [0.2, 0.25) is 0 Å². The summed E-state index contributed by atoms with van der Waals surface area (Å²) < 4.78 is 0. The van der Waals surface area contributed by atoms with Crippen molar-refractivity contribution in [1.82, 2.24) is 4.90 Å². The number of piperidine rings is 1. The van der Waals surface area contributed by atoms with Gasteiger partial charge in [-0.15, -0.1) is 0 Å². The van der Waals surface area contributed by atoms with E-state index in [1.807, 2.05) is 0 Å². The number of likely N-dealkylation sites (tertiary alicyclic amines) is 1. The van der Waals surface area contributed by atoms with Gasteiger partial charge in [-0.3, -0.25) is 4.79 Å². The molecule has 2 aliphatic rings. The predicted molar refractivity (Wildman–Crippen MR) is 65.2 cm³/mol. The molecule has 1 aliphatic heterocycles. The second-order valence-corrected chi connectivity index (χ2v) is 5.86. The average Bonchev–Trinajstić information content (AvgIpc) is 3.02. The molecular weight excluding hydrogens is 200 g/mol. The highest BCUT2D eigenvalue weighted by Gasteiger charge is 2.39. The fourth-order valence-electron chi connectivity index (χ4n) is 2.51. The summed E-state index contributed by atoms with van der Waals surface area (Å²) >= 11 is 0. The molecule has 3 heteroatoms. The van der Waals surface area contributed by atoms with Gasteiger partial charge >= 0.3 is 0 Å². The zero-order valence-corrected chi connectivity index (χ0v) is 10.5. The maximum Gasteiger partial charge on any atom is 0.153 e. The van der Waals surface area contributed by atoms with Crippen LogP contribution in [0.1, 0.15) is 46.0 Å². The van der Waals surface area contributed by atoms with Gasteiger partial charge in [0.05, 0.1) is 5.54 Å². The smallest absolute Gasteiger partial charge is 0.153 e. The van der Waals surface area contributed by atoms with E-state index in [1.165, 1.54) is 12.8 Å². The van der Waals surface area contributed by atoms with E-state index in [0.717, 1.165) is 32.4 Å². The van der Waals surface area contributed by atoms with Gasteiger partial charge in [-0.25, -0.2) is 0 Å². The molecule has 16 heavy (non-hydrogen) atoms. The Kier molecular flexibility index (Phi) is 3.36. The Labute approximate surface area is 98.4 Å². The quantitative estimate of drug-likeness (QED) is 0.788. The van der Waals surface area contributed by atoms with E-state index in [2.05, 4.69) is 18.7 Å². The first-order chi connectivity index (χ1) is 7.51. The lowest BCUT2D eigenvalue weighted by molar-refractivity contribution is -0.126. The Morgan fingerprint density at radius 1 is 1.38 bits per heavy atom. The van der Waals surface area contributed by atoms with Crippen LogP contribution in [-0.2, 0) is 4.79 Å². The first-order valence-electron chi connectivity index (χ1n) is 6.57. The van der Waals surface area contributed by atoms with Crippen LogP contribution < -0.4 is 5.73 Å². The van der Waals surface area contributed by atoms with E-state index in [9.17, 15) is 4.79 Å². The van der Waals surface area contributed by atoms with Gasteiger partial charge in [0.1, 0.15) is 0 Å². The number of carbonyl (C=O) groups excluding carboxylic acids is 1. The van der Waals surface area contributed by atoms with Crippen molar-refractivity contribution in [3.05, 3.63) is 0 Å². The van der Waals surface area contributed by atoms with Crippen molar-refractivity contribution >= 4 is 5.78 Å². The van der Waals surface area contributed by atoms with Crippen LogP contribution in [0.25, 0.3) is 0 Å². The molecule has 0 amide bonds. The molecule has 2 N–H and O–H groups in total. The first-order valence-corrected chi connectivity index (χ1v) is 6.57. The molecule has 2 rings (SSSR count). The minimum atomic E-state index is -0.506. The summed E-state index contributed by atoms with van der Waals surface area (Å²) in [4.78, 5) is 14.5. The Bertz CT molecular complexity index is 263. The third-order valence-electron chi connectivity index (χ3n) is 4.15. The van der Waals surface area contributed by atoms with Crippen molar-refractivity contribution in [3.8, 4) is 0 Å². The molecule has 1 saturated heterocycles. The number of hydrogen-bond donors (Lipinski definition) is 1. The number of rotatable bonds is 4. The summed E-state index contributed by atoms with van der Waals surface area (Å²) in [6.07, 6.45) is 4.89. The number of Topliss-reactive ketones (excluding diaryl/α,β-unsaturated/α-hetero) is 1. The fourth-order valence-corrected chi connectivity index (χ4v) is 2.51. The Morgan fingerprint density at radius 3 is 2.38 bits per heavy atom. The normalized spacial score (nSPS) is 26.0. The third kappa shape index (κ3) is 2.64.